The van der Waals surface area contributed by atoms with Crippen molar-refractivity contribution in [3.8, 4) is 17.1 Å². The van der Waals surface area contributed by atoms with E-state index in [1.165, 1.54) is 0 Å². The number of carboxylic acids is 1. The molecule has 4 aromatic rings. The van der Waals surface area contributed by atoms with Crippen LogP contribution >= 0.6 is 0 Å². The van der Waals surface area contributed by atoms with E-state index >= 15 is 0 Å². The second-order valence-corrected chi connectivity index (χ2v) is 15.9. The van der Waals surface area contributed by atoms with E-state index in [4.69, 9.17) is 9.47 Å². The smallest absolute Gasteiger partial charge is 0.434 e. The highest BCUT2D eigenvalue weighted by Gasteiger charge is 2.62. The van der Waals surface area contributed by atoms with Crippen LogP contribution in [0.2, 0.25) is 0 Å². The maximum atomic E-state index is 14.8. The van der Waals surface area contributed by atoms with Crippen molar-refractivity contribution in [1.29, 1.82) is 0 Å². The van der Waals surface area contributed by atoms with Crippen molar-refractivity contribution in [2.75, 3.05) is 31.2 Å². The molecule has 0 radical (unpaired) electrons. The molecule has 16 heteroatoms. The first-order valence-corrected chi connectivity index (χ1v) is 19.1. The Hall–Kier alpha value is -4.86. The summed E-state index contributed by atoms with van der Waals surface area (Å²) in [5, 5.41) is 13.7. The Morgan fingerprint density at radius 1 is 0.927 bits per heavy atom. The SMILES string of the molecule is O=C(NC1(C(=O)O)C2CC3CC(C2)CC1C3)c1cnc(-c2cn(C3CCOCC3)c3cc(OC4CCN(c5ncc(F)cn5)CC4)ccc23)nc1C(F)(F)F. The Morgan fingerprint density at radius 3 is 2.24 bits per heavy atom. The quantitative estimate of drug-likeness (QED) is 0.192. The van der Waals surface area contributed by atoms with Gasteiger partial charge in [0.1, 0.15) is 17.4 Å². The average molecular weight is 764 g/mol. The van der Waals surface area contributed by atoms with Gasteiger partial charge in [-0.2, -0.15) is 13.2 Å². The van der Waals surface area contributed by atoms with E-state index in [1.807, 2.05) is 15.5 Å². The molecule has 2 N–H and O–H groups in total. The van der Waals surface area contributed by atoms with Crippen LogP contribution in [0.4, 0.5) is 23.5 Å². The van der Waals surface area contributed by atoms with Gasteiger partial charge >= 0.3 is 12.1 Å². The lowest BCUT2D eigenvalue weighted by Crippen LogP contribution is -2.70. The first kappa shape index (κ1) is 35.8. The van der Waals surface area contributed by atoms with Crippen LogP contribution in [0.3, 0.4) is 0 Å². The van der Waals surface area contributed by atoms with Crippen LogP contribution < -0.4 is 15.0 Å². The number of nitrogens with one attached hydrogen (secondary N) is 1. The highest BCUT2D eigenvalue weighted by molar-refractivity contribution is 6.00. The van der Waals surface area contributed by atoms with Gasteiger partial charge in [-0.1, -0.05) is 0 Å². The molecule has 290 valence electrons. The molecule has 4 bridgehead atoms. The lowest BCUT2D eigenvalue weighted by atomic mass is 9.48. The van der Waals surface area contributed by atoms with Crippen molar-refractivity contribution in [2.45, 2.75) is 81.6 Å². The lowest BCUT2D eigenvalue weighted by Gasteiger charge is -2.59. The van der Waals surface area contributed by atoms with E-state index < -0.39 is 40.7 Å². The number of halogens is 4. The van der Waals surface area contributed by atoms with Gasteiger partial charge in [0.05, 0.1) is 23.5 Å². The van der Waals surface area contributed by atoms with Gasteiger partial charge in [-0.15, -0.1) is 0 Å². The molecule has 5 heterocycles. The van der Waals surface area contributed by atoms with Gasteiger partial charge in [-0.25, -0.2) is 29.1 Å². The first-order chi connectivity index (χ1) is 26.5. The number of fused-ring (bicyclic) bond motifs is 1. The van der Waals surface area contributed by atoms with Crippen LogP contribution in [0.25, 0.3) is 22.3 Å². The summed E-state index contributed by atoms with van der Waals surface area (Å²) in [6.07, 6.45) is 6.11. The molecule has 12 nitrogen and oxygen atoms in total. The lowest BCUT2D eigenvalue weighted by molar-refractivity contribution is -0.163. The molecule has 3 aromatic heterocycles. The van der Waals surface area contributed by atoms with E-state index in [1.54, 1.807) is 18.3 Å². The topological polar surface area (TPSA) is 145 Å². The number of nitrogens with zero attached hydrogens (tertiary/aromatic N) is 6. The molecule has 1 aromatic carbocycles. The van der Waals surface area contributed by atoms with Crippen LogP contribution in [-0.4, -0.2) is 79.4 Å². The molecule has 0 unspecified atom stereocenters. The Morgan fingerprint density at radius 2 is 1.60 bits per heavy atom. The zero-order valence-corrected chi connectivity index (χ0v) is 30.0. The standard InChI is InChI=1S/C39H41F4N7O5/c40-25-17-45-37(46-18-25)49-7-3-27(4-8-49)55-28-1-2-29-31(20-50(32(29)16-28)26-5-9-54-10-6-26)34-44-19-30(33(47-34)39(41,42)43)35(51)48-38(36(52)53)23-12-21-11-22(14-23)15-24(38)13-21/h1-2,16-24,26-27H,3-15H2,(H,48,51)(H,52,53). The number of carbonyl (C=O) groups excluding carboxylic acids is 1. The maximum Gasteiger partial charge on any atom is 0.434 e. The van der Waals surface area contributed by atoms with Gasteiger partial charge in [0.2, 0.25) is 5.95 Å². The predicted molar refractivity (Wildman–Crippen MR) is 190 cm³/mol. The number of hydrogen-bond donors (Lipinski definition) is 2. The summed E-state index contributed by atoms with van der Waals surface area (Å²) in [4.78, 5) is 45.1. The molecule has 4 aliphatic carbocycles. The highest BCUT2D eigenvalue weighted by Crippen LogP contribution is 2.58. The fraction of sp³-hybridized carbons (Fsp3) is 0.538. The summed E-state index contributed by atoms with van der Waals surface area (Å²) in [6, 6.07) is 5.45. The third kappa shape index (κ3) is 6.45. The number of piperidine rings is 1. The van der Waals surface area contributed by atoms with Crippen LogP contribution in [0.5, 0.6) is 5.75 Å². The normalized spacial score (nSPS) is 27.1. The van der Waals surface area contributed by atoms with Crippen LogP contribution in [0.1, 0.15) is 79.9 Å². The number of carboxylic acid groups (broad SMARTS) is 1. The minimum Gasteiger partial charge on any atom is -0.490 e. The number of aromatic nitrogens is 5. The summed E-state index contributed by atoms with van der Waals surface area (Å²) in [5.74, 6) is -1.88. The largest absolute Gasteiger partial charge is 0.490 e. The molecule has 0 spiro atoms. The zero-order valence-electron chi connectivity index (χ0n) is 30.0. The third-order valence-corrected chi connectivity index (χ3v) is 12.7. The van der Waals surface area contributed by atoms with Crippen molar-refractivity contribution >= 4 is 28.7 Å². The molecule has 6 fully saturated rings. The number of ether oxygens (including phenoxy) is 2. The Kier molecular flexibility index (Phi) is 8.93. The van der Waals surface area contributed by atoms with E-state index in [0.717, 1.165) is 30.5 Å². The minimum atomic E-state index is -5.02. The van der Waals surface area contributed by atoms with Gasteiger partial charge < -0.3 is 29.4 Å². The maximum absolute atomic E-state index is 14.8. The van der Waals surface area contributed by atoms with Crippen LogP contribution in [0.15, 0.2) is 43.0 Å². The molecule has 55 heavy (non-hydrogen) atoms. The molecule has 1 amide bonds. The summed E-state index contributed by atoms with van der Waals surface area (Å²) >= 11 is 0. The molecular formula is C39H41F4N7O5. The number of alkyl halides is 3. The molecule has 2 saturated heterocycles. The Bertz CT molecular complexity index is 2080. The van der Waals surface area contributed by atoms with Crippen molar-refractivity contribution < 1.29 is 41.7 Å². The van der Waals surface area contributed by atoms with E-state index in [2.05, 4.69) is 25.3 Å². The molecule has 0 atom stereocenters. The van der Waals surface area contributed by atoms with Crippen LogP contribution in [0, 0.1) is 29.5 Å². The van der Waals surface area contributed by atoms with E-state index in [9.17, 15) is 32.3 Å². The summed E-state index contributed by atoms with van der Waals surface area (Å²) in [5.41, 5.74) is -2.74. The fourth-order valence-corrected chi connectivity index (χ4v) is 10.3. The average Bonchev–Trinajstić information content (AvgIpc) is 3.55. The summed E-state index contributed by atoms with van der Waals surface area (Å²) in [7, 11) is 0. The van der Waals surface area contributed by atoms with Gasteiger partial charge in [0.15, 0.2) is 17.3 Å². The van der Waals surface area contributed by atoms with Crippen molar-refractivity contribution in [3.63, 3.8) is 0 Å². The fourth-order valence-electron chi connectivity index (χ4n) is 10.3. The number of aliphatic carboxylic acids is 1. The minimum absolute atomic E-state index is 0.000440. The Labute approximate surface area is 313 Å². The summed E-state index contributed by atoms with van der Waals surface area (Å²) in [6.45, 7) is 2.30. The monoisotopic (exact) mass is 763 g/mol. The highest BCUT2D eigenvalue weighted by atomic mass is 19.4. The second kappa shape index (κ2) is 13.7. The number of rotatable bonds is 8. The van der Waals surface area contributed by atoms with E-state index in [0.29, 0.717) is 112 Å². The molecule has 4 saturated carbocycles. The third-order valence-electron chi connectivity index (χ3n) is 12.7. The number of benzene rings is 1. The number of carbonyl (C=O) groups is 2. The second-order valence-electron chi connectivity index (χ2n) is 15.9. The number of hydrogen-bond acceptors (Lipinski definition) is 9. The molecule has 2 aliphatic heterocycles. The zero-order chi connectivity index (χ0) is 38.1. The Balaban J connectivity index is 1.01. The molecular weight excluding hydrogens is 722 g/mol. The molecule has 10 rings (SSSR count). The van der Waals surface area contributed by atoms with Crippen molar-refractivity contribution in [1.82, 2.24) is 29.8 Å². The van der Waals surface area contributed by atoms with Crippen molar-refractivity contribution in [2.24, 2.45) is 23.7 Å². The number of anilines is 1. The van der Waals surface area contributed by atoms with E-state index in [-0.39, 0.29) is 29.8 Å². The van der Waals surface area contributed by atoms with Crippen LogP contribution in [-0.2, 0) is 15.7 Å². The number of amides is 1. The van der Waals surface area contributed by atoms with Gasteiger partial charge in [-0.05, 0) is 80.8 Å². The molecule has 6 aliphatic rings. The van der Waals surface area contributed by atoms with Gasteiger partial charge in [0, 0.05) is 74.6 Å². The first-order valence-electron chi connectivity index (χ1n) is 19.1. The van der Waals surface area contributed by atoms with Gasteiger partial charge in [-0.3, -0.25) is 4.79 Å². The van der Waals surface area contributed by atoms with Gasteiger partial charge in [0.25, 0.3) is 5.91 Å². The summed E-state index contributed by atoms with van der Waals surface area (Å²) < 4.78 is 71.8. The predicted octanol–water partition coefficient (Wildman–Crippen LogP) is 6.45. The van der Waals surface area contributed by atoms with Crippen molar-refractivity contribution in [3.05, 3.63) is 60.1 Å².